The summed E-state index contributed by atoms with van der Waals surface area (Å²) in [5.74, 6) is 0. The summed E-state index contributed by atoms with van der Waals surface area (Å²) in [4.78, 5) is 0. The molecule has 0 atom stereocenters. The van der Waals surface area contributed by atoms with E-state index in [0.717, 1.165) is 12.8 Å². The number of hydrogen-bond acceptors (Lipinski definition) is 0. The van der Waals surface area contributed by atoms with E-state index in [9.17, 15) is 0 Å². The molecule has 6 rings (SSSR count). The first-order chi connectivity index (χ1) is 26.3. The fourth-order valence-electron chi connectivity index (χ4n) is 6.90. The molecule has 0 bridgehead atoms. The van der Waals surface area contributed by atoms with Gasteiger partial charge in [0.1, 0.15) is 0 Å². The van der Waals surface area contributed by atoms with Crippen molar-refractivity contribution in [2.45, 2.75) is 170 Å². The zero-order valence-electron chi connectivity index (χ0n) is 38.8. The molecule has 0 amide bonds. The topological polar surface area (TPSA) is 0 Å². The Kier molecular flexibility index (Phi) is 25.1. The number of aryl methyl sites for hydroxylation is 2. The SMILES string of the molecule is CC(C)(C)c1[c-]c2c(cc1C(C)(C)C)-c1cc(C(C)(C)C)c(C(C)(C)C)cc1C2.CCCCc1cc[c-]cc1.CCCCc1cc[c-]cc1.Cl.Cl.[C-]1=CC=CC1.[CH2]=[Zr]. The average Bonchev–Trinajstić information content (AvgIpc) is 3.85. The maximum absolute atomic E-state index is 3.90. The molecule has 0 nitrogen and oxygen atoms in total. The summed E-state index contributed by atoms with van der Waals surface area (Å²) in [6.07, 6.45) is 18.6. The van der Waals surface area contributed by atoms with Crippen molar-refractivity contribution in [3.05, 3.63) is 154 Å². The van der Waals surface area contributed by atoms with Crippen LogP contribution in [-0.2, 0) is 65.2 Å². The van der Waals surface area contributed by atoms with Crippen molar-refractivity contribution in [3.63, 3.8) is 0 Å². The number of benzene rings is 4. The van der Waals surface area contributed by atoms with Gasteiger partial charge < -0.3 is 0 Å². The molecule has 318 valence electrons. The summed E-state index contributed by atoms with van der Waals surface area (Å²) in [6, 6.07) is 33.9. The van der Waals surface area contributed by atoms with Crippen molar-refractivity contribution < 1.29 is 24.2 Å². The van der Waals surface area contributed by atoms with Crippen LogP contribution in [0.1, 0.15) is 174 Å². The third kappa shape index (κ3) is 18.1. The van der Waals surface area contributed by atoms with Crippen molar-refractivity contribution >= 4 is 29.0 Å². The first-order valence-corrected chi connectivity index (χ1v) is 22.8. The number of halogens is 2. The van der Waals surface area contributed by atoms with Crippen LogP contribution in [0.5, 0.6) is 0 Å². The number of unbranched alkanes of at least 4 members (excludes halogenated alkanes) is 2. The summed E-state index contributed by atoms with van der Waals surface area (Å²) in [6.45, 7) is 32.4. The van der Waals surface area contributed by atoms with Crippen LogP contribution in [0.2, 0.25) is 0 Å². The van der Waals surface area contributed by atoms with E-state index >= 15 is 0 Å². The molecule has 0 unspecified atom stereocenters. The number of fused-ring (bicyclic) bond motifs is 3. The van der Waals surface area contributed by atoms with E-state index in [4.69, 9.17) is 0 Å². The van der Waals surface area contributed by atoms with Gasteiger partial charge in [-0.1, -0.05) is 159 Å². The van der Waals surface area contributed by atoms with Gasteiger partial charge in [-0.25, -0.2) is 12.2 Å². The Balaban J connectivity index is 0.000000911. The molecular formula is C55H76Cl2Zr-4. The van der Waals surface area contributed by atoms with E-state index in [1.807, 2.05) is 36.4 Å². The third-order valence-corrected chi connectivity index (χ3v) is 10.0. The van der Waals surface area contributed by atoms with E-state index in [2.05, 4.69) is 174 Å². The predicted molar refractivity (Wildman–Crippen MR) is 259 cm³/mol. The summed E-state index contributed by atoms with van der Waals surface area (Å²) in [5.41, 5.74) is 14.8. The average molecular weight is 899 g/mol. The van der Waals surface area contributed by atoms with E-state index in [0.29, 0.717) is 0 Å². The monoisotopic (exact) mass is 896 g/mol. The van der Waals surface area contributed by atoms with Gasteiger partial charge in [-0.2, -0.15) is 95.6 Å². The molecule has 4 aromatic carbocycles. The summed E-state index contributed by atoms with van der Waals surface area (Å²) < 4.78 is 3.34. The molecule has 0 radical (unpaired) electrons. The number of allylic oxidation sites excluding steroid dienone is 4. The van der Waals surface area contributed by atoms with Crippen LogP contribution >= 0.6 is 24.8 Å². The molecule has 0 saturated heterocycles. The van der Waals surface area contributed by atoms with Crippen LogP contribution in [0.4, 0.5) is 0 Å². The second kappa shape index (κ2) is 26.1. The Morgan fingerprint density at radius 1 is 0.586 bits per heavy atom. The van der Waals surface area contributed by atoms with Crippen molar-refractivity contribution in [2.75, 3.05) is 0 Å². The third-order valence-electron chi connectivity index (χ3n) is 10.0. The van der Waals surface area contributed by atoms with Crippen LogP contribution in [-0.4, -0.2) is 4.21 Å². The number of rotatable bonds is 6. The summed E-state index contributed by atoms with van der Waals surface area (Å²) >= 11 is 1.30. The van der Waals surface area contributed by atoms with Crippen molar-refractivity contribution in [1.82, 2.24) is 0 Å². The molecule has 4 aromatic rings. The van der Waals surface area contributed by atoms with Crippen LogP contribution < -0.4 is 0 Å². The van der Waals surface area contributed by atoms with E-state index in [-0.39, 0.29) is 46.5 Å². The quantitative estimate of drug-likeness (QED) is 0.149. The molecule has 0 heterocycles. The fraction of sp³-hybridized carbons (Fsp3) is 0.473. The van der Waals surface area contributed by atoms with Gasteiger partial charge in [0, 0.05) is 0 Å². The van der Waals surface area contributed by atoms with Gasteiger partial charge in [0.2, 0.25) is 0 Å². The first kappa shape index (κ1) is 55.7. The van der Waals surface area contributed by atoms with Gasteiger partial charge in [0.05, 0.1) is 0 Å². The molecule has 0 aromatic heterocycles. The molecule has 0 N–H and O–H groups in total. The Bertz CT molecular complexity index is 1670. The Hall–Kier alpha value is -2.31. The van der Waals surface area contributed by atoms with Crippen LogP contribution in [0, 0.1) is 24.3 Å². The second-order valence-electron chi connectivity index (χ2n) is 19.2. The molecule has 0 aliphatic heterocycles. The van der Waals surface area contributed by atoms with Gasteiger partial charge in [-0.05, 0) is 39.4 Å². The standard InChI is InChI=1S/C29H41.2C10H13.C5H5.CH2.2ClH.Zr/c1-26(2,3)22-14-18-13-19-15-23(27(4,5)6)25(29(10,11)12)17-21(19)20(18)16-24(22)28(7,8)9;2*1-2-3-7-10-8-5-4-6-9-10;1-2-4-5-3-1;;;;/h14,16-17H,13H2,1-12H3;2*5-6,8-9H,2-3,7H2,1H3;1-3H,4H2;1H2;2*1H;/q4*-1;;;;. The van der Waals surface area contributed by atoms with E-state index < -0.39 is 0 Å². The van der Waals surface area contributed by atoms with Crippen LogP contribution in [0.25, 0.3) is 11.1 Å². The summed E-state index contributed by atoms with van der Waals surface area (Å²) in [7, 11) is 0. The maximum atomic E-state index is 3.90. The van der Waals surface area contributed by atoms with Crippen LogP contribution in [0.3, 0.4) is 0 Å². The molecule has 0 spiro atoms. The zero-order valence-corrected chi connectivity index (χ0v) is 42.9. The van der Waals surface area contributed by atoms with Crippen LogP contribution in [0.15, 0.2) is 85.0 Å². The molecule has 0 fully saturated rings. The van der Waals surface area contributed by atoms with Gasteiger partial charge in [-0.15, -0.1) is 47.9 Å². The molecular weight excluding hydrogens is 823 g/mol. The molecule has 2 aliphatic rings. The van der Waals surface area contributed by atoms with Gasteiger partial charge >= 0.3 is 28.4 Å². The summed E-state index contributed by atoms with van der Waals surface area (Å²) in [5, 5.41) is 0. The fourth-order valence-corrected chi connectivity index (χ4v) is 6.90. The molecule has 58 heavy (non-hydrogen) atoms. The zero-order chi connectivity index (χ0) is 42.2. The van der Waals surface area contributed by atoms with Crippen molar-refractivity contribution in [2.24, 2.45) is 0 Å². The van der Waals surface area contributed by atoms with Crippen molar-refractivity contribution in [3.8, 4) is 11.1 Å². The van der Waals surface area contributed by atoms with E-state index in [1.165, 1.54) is 118 Å². The molecule has 2 aliphatic carbocycles. The molecule has 0 saturated carbocycles. The van der Waals surface area contributed by atoms with Gasteiger partial charge in [-0.3, -0.25) is 6.08 Å². The second-order valence-corrected chi connectivity index (χ2v) is 19.2. The van der Waals surface area contributed by atoms with Crippen molar-refractivity contribution in [1.29, 1.82) is 0 Å². The molecule has 3 heteroatoms. The first-order valence-electron chi connectivity index (χ1n) is 21.0. The normalized spacial score (nSPS) is 12.3. The number of hydrogen-bond donors (Lipinski definition) is 0. The Morgan fingerprint density at radius 3 is 1.36 bits per heavy atom. The Morgan fingerprint density at radius 2 is 1.02 bits per heavy atom. The van der Waals surface area contributed by atoms with E-state index in [1.54, 1.807) is 0 Å². The minimum absolute atomic E-state index is 0. The Labute approximate surface area is 385 Å². The van der Waals surface area contributed by atoms with Gasteiger partial charge in [0.15, 0.2) is 0 Å². The van der Waals surface area contributed by atoms with Gasteiger partial charge in [0.25, 0.3) is 0 Å². The minimum atomic E-state index is 0. The predicted octanol–water partition coefficient (Wildman–Crippen LogP) is 16.0.